The van der Waals surface area contributed by atoms with E-state index in [0.717, 1.165) is 6.54 Å². The van der Waals surface area contributed by atoms with Crippen LogP contribution >= 0.6 is 0 Å². The van der Waals surface area contributed by atoms with Gasteiger partial charge in [-0.05, 0) is 55.8 Å². The molecule has 7 heteroatoms. The number of furan rings is 1. The van der Waals surface area contributed by atoms with E-state index in [4.69, 9.17) is 9.15 Å². The zero-order valence-corrected chi connectivity index (χ0v) is 18.1. The number of carbonyl (C=O) groups is 2. The lowest BCUT2D eigenvalue weighted by Crippen LogP contribution is -2.54. The van der Waals surface area contributed by atoms with Gasteiger partial charge in [0, 0.05) is 31.4 Å². The van der Waals surface area contributed by atoms with Crippen LogP contribution in [0.4, 0.5) is 5.69 Å². The van der Waals surface area contributed by atoms with Gasteiger partial charge in [-0.1, -0.05) is 12.1 Å². The van der Waals surface area contributed by atoms with Gasteiger partial charge in [-0.3, -0.25) is 4.79 Å². The maximum atomic E-state index is 13.2. The van der Waals surface area contributed by atoms with Gasteiger partial charge >= 0.3 is 5.97 Å². The second kappa shape index (κ2) is 8.71. The Hall–Kier alpha value is -3.48. The molecule has 0 saturated carbocycles. The minimum Gasteiger partial charge on any atom is -0.464 e. The highest BCUT2D eigenvalue weighted by molar-refractivity contribution is 5.90. The molecule has 1 amide bonds. The normalized spacial score (nSPS) is 16.4. The lowest BCUT2D eigenvalue weighted by Gasteiger charge is -2.41. The number of esters is 1. The topological polar surface area (TPSA) is 67.9 Å². The molecule has 31 heavy (non-hydrogen) atoms. The molecule has 4 rings (SSSR count). The van der Waals surface area contributed by atoms with Crippen molar-refractivity contribution in [3.05, 3.63) is 66.1 Å². The van der Waals surface area contributed by atoms with E-state index >= 15 is 0 Å². The van der Waals surface area contributed by atoms with E-state index in [2.05, 4.69) is 43.0 Å². The van der Waals surface area contributed by atoms with Crippen molar-refractivity contribution in [2.75, 3.05) is 31.6 Å². The van der Waals surface area contributed by atoms with Crippen LogP contribution in [0.25, 0.3) is 11.5 Å². The van der Waals surface area contributed by atoms with Gasteiger partial charge in [0.1, 0.15) is 18.0 Å². The van der Waals surface area contributed by atoms with E-state index < -0.39 is 5.97 Å². The van der Waals surface area contributed by atoms with E-state index in [-0.39, 0.29) is 18.5 Å². The highest BCUT2D eigenvalue weighted by atomic mass is 16.5. The Morgan fingerprint density at radius 3 is 2.65 bits per heavy atom. The number of hydrogen-bond donors (Lipinski definition) is 0. The molecule has 162 valence electrons. The fraction of sp³-hybridized carbons (Fsp3) is 0.333. The molecule has 2 aromatic heterocycles. The largest absolute Gasteiger partial charge is 0.464 e. The Balaban J connectivity index is 1.51. The molecular weight excluding hydrogens is 394 g/mol. The monoisotopic (exact) mass is 421 g/mol. The molecule has 1 aliphatic heterocycles. The number of amides is 1. The van der Waals surface area contributed by atoms with Crippen LogP contribution in [0.5, 0.6) is 0 Å². The first-order valence-corrected chi connectivity index (χ1v) is 10.4. The molecule has 0 N–H and O–H groups in total. The number of methoxy groups -OCH3 is 1. The Bertz CT molecular complexity index is 1070. The third kappa shape index (κ3) is 4.21. The summed E-state index contributed by atoms with van der Waals surface area (Å²) in [6.45, 7) is 6.27. The van der Waals surface area contributed by atoms with Gasteiger partial charge in [0.2, 0.25) is 5.91 Å². The average molecular weight is 421 g/mol. The molecule has 1 aliphatic rings. The third-order valence-corrected chi connectivity index (χ3v) is 5.76. The number of carbonyl (C=O) groups excluding carboxylic acids is 2. The summed E-state index contributed by atoms with van der Waals surface area (Å²) in [6.07, 6.45) is 1.57. The van der Waals surface area contributed by atoms with Crippen LogP contribution in [-0.4, -0.2) is 54.1 Å². The molecule has 0 spiro atoms. The van der Waals surface area contributed by atoms with Crippen LogP contribution in [0.15, 0.2) is 59.2 Å². The summed E-state index contributed by atoms with van der Waals surface area (Å²) in [6, 6.07) is 15.6. The average Bonchev–Trinajstić information content (AvgIpc) is 3.43. The fourth-order valence-corrected chi connectivity index (χ4v) is 4.17. The number of benzene rings is 1. The van der Waals surface area contributed by atoms with Gasteiger partial charge in [0.25, 0.3) is 0 Å². The summed E-state index contributed by atoms with van der Waals surface area (Å²) >= 11 is 0. The number of hydrogen-bond acceptors (Lipinski definition) is 5. The number of ether oxygens (including phenoxy) is 1. The van der Waals surface area contributed by atoms with Crippen molar-refractivity contribution in [1.29, 1.82) is 0 Å². The van der Waals surface area contributed by atoms with Crippen molar-refractivity contribution in [3.63, 3.8) is 0 Å². The molecule has 7 nitrogen and oxygen atoms in total. The summed E-state index contributed by atoms with van der Waals surface area (Å²) in [5.41, 5.74) is 3.40. The molecule has 3 aromatic rings. The lowest BCUT2D eigenvalue weighted by molar-refractivity contribution is -0.132. The predicted molar refractivity (Wildman–Crippen MR) is 118 cm³/mol. The van der Waals surface area contributed by atoms with Gasteiger partial charge in [-0.25, -0.2) is 4.79 Å². The van der Waals surface area contributed by atoms with Crippen LogP contribution in [-0.2, 0) is 16.1 Å². The predicted octanol–water partition coefficient (Wildman–Crippen LogP) is 3.58. The van der Waals surface area contributed by atoms with Gasteiger partial charge in [0.15, 0.2) is 0 Å². The van der Waals surface area contributed by atoms with Gasteiger partial charge in [-0.2, -0.15) is 0 Å². The summed E-state index contributed by atoms with van der Waals surface area (Å²) in [5.74, 6) is 0.0775. The van der Waals surface area contributed by atoms with Crippen molar-refractivity contribution >= 4 is 17.6 Å². The SMILES string of the molecule is COC(=O)c1ccc(-c2ccco2)n1CC(=O)N1CCN(c2cccc(C)c2)[C@@H](C)C1. The lowest BCUT2D eigenvalue weighted by atomic mass is 10.1. The zero-order chi connectivity index (χ0) is 22.0. The molecule has 1 atom stereocenters. The minimum absolute atomic E-state index is 0.0371. The molecule has 0 aliphatic carbocycles. The smallest absolute Gasteiger partial charge is 0.354 e. The standard InChI is InChI=1S/C24H27N3O4/c1-17-6-4-7-19(14-17)26-12-11-25(15-18(26)2)23(28)16-27-20(22-8-5-13-31-22)9-10-21(27)24(29)30-3/h4-10,13-14,18H,11-12,15-16H2,1-3H3/t18-/m0/s1. The highest BCUT2D eigenvalue weighted by Crippen LogP contribution is 2.25. The highest BCUT2D eigenvalue weighted by Gasteiger charge is 2.28. The summed E-state index contributed by atoms with van der Waals surface area (Å²) < 4.78 is 12.1. The Morgan fingerprint density at radius 2 is 1.97 bits per heavy atom. The molecule has 1 saturated heterocycles. The first-order chi connectivity index (χ1) is 15.0. The Kier molecular flexibility index (Phi) is 5.84. The van der Waals surface area contributed by atoms with E-state index in [0.29, 0.717) is 30.2 Å². The summed E-state index contributed by atoms with van der Waals surface area (Å²) in [5, 5.41) is 0. The fourth-order valence-electron chi connectivity index (χ4n) is 4.17. The van der Waals surface area contributed by atoms with Crippen LogP contribution in [0.2, 0.25) is 0 Å². The van der Waals surface area contributed by atoms with Crippen molar-refractivity contribution < 1.29 is 18.7 Å². The molecule has 0 unspecified atom stereocenters. The van der Waals surface area contributed by atoms with E-state index in [9.17, 15) is 9.59 Å². The second-order valence-electron chi connectivity index (χ2n) is 7.88. The Morgan fingerprint density at radius 1 is 1.13 bits per heavy atom. The molecule has 1 aromatic carbocycles. The van der Waals surface area contributed by atoms with E-state index in [1.165, 1.54) is 18.4 Å². The number of nitrogens with zero attached hydrogens (tertiary/aromatic N) is 3. The molecular formula is C24H27N3O4. The van der Waals surface area contributed by atoms with Crippen molar-refractivity contribution in [1.82, 2.24) is 9.47 Å². The van der Waals surface area contributed by atoms with Crippen LogP contribution in [0.3, 0.4) is 0 Å². The van der Waals surface area contributed by atoms with Crippen molar-refractivity contribution in [2.45, 2.75) is 26.4 Å². The number of aromatic nitrogens is 1. The molecule has 0 bridgehead atoms. The third-order valence-electron chi connectivity index (χ3n) is 5.76. The first kappa shape index (κ1) is 20.8. The second-order valence-corrected chi connectivity index (χ2v) is 7.88. The van der Waals surface area contributed by atoms with Gasteiger partial charge in [0.05, 0.1) is 19.1 Å². The van der Waals surface area contributed by atoms with Crippen molar-refractivity contribution in [3.8, 4) is 11.5 Å². The summed E-state index contributed by atoms with van der Waals surface area (Å²) in [4.78, 5) is 29.6. The molecule has 0 radical (unpaired) electrons. The van der Waals surface area contributed by atoms with Crippen molar-refractivity contribution in [2.24, 2.45) is 0 Å². The molecule has 3 heterocycles. The number of piperazine rings is 1. The maximum absolute atomic E-state index is 13.2. The zero-order valence-electron chi connectivity index (χ0n) is 18.1. The number of aryl methyl sites for hydroxylation is 1. The maximum Gasteiger partial charge on any atom is 0.354 e. The van der Waals surface area contributed by atoms with Crippen LogP contribution in [0, 0.1) is 6.92 Å². The number of rotatable bonds is 5. The van der Waals surface area contributed by atoms with Gasteiger partial charge < -0.3 is 23.5 Å². The van der Waals surface area contributed by atoms with Crippen LogP contribution in [0.1, 0.15) is 23.0 Å². The summed E-state index contributed by atoms with van der Waals surface area (Å²) in [7, 11) is 1.33. The van der Waals surface area contributed by atoms with E-state index in [1.54, 1.807) is 35.1 Å². The first-order valence-electron chi connectivity index (χ1n) is 10.4. The van der Waals surface area contributed by atoms with E-state index in [1.807, 2.05) is 4.90 Å². The van der Waals surface area contributed by atoms with Crippen LogP contribution < -0.4 is 4.90 Å². The quantitative estimate of drug-likeness (QED) is 0.589. The number of anilines is 1. The Labute approximate surface area is 181 Å². The molecule has 1 fully saturated rings. The van der Waals surface area contributed by atoms with Gasteiger partial charge in [-0.15, -0.1) is 0 Å². The minimum atomic E-state index is -0.483.